The van der Waals surface area contributed by atoms with Crippen LogP contribution in [0.4, 0.5) is 14.5 Å². The number of hydrogen-bond acceptors (Lipinski definition) is 4. The first kappa shape index (κ1) is 20.0. The van der Waals surface area contributed by atoms with Gasteiger partial charge in [-0.25, -0.2) is 0 Å². The van der Waals surface area contributed by atoms with Gasteiger partial charge in [-0.05, 0) is 42.4 Å². The van der Waals surface area contributed by atoms with E-state index in [1.165, 1.54) is 7.11 Å². The molecule has 24 heavy (non-hydrogen) atoms. The van der Waals surface area contributed by atoms with Gasteiger partial charge in [-0.3, -0.25) is 4.90 Å². The Balaban J connectivity index is 0.00000288. The molecule has 0 saturated carbocycles. The predicted octanol–water partition coefficient (Wildman–Crippen LogP) is 3.93. The van der Waals surface area contributed by atoms with Gasteiger partial charge in [0, 0.05) is 18.8 Å². The zero-order valence-electron chi connectivity index (χ0n) is 13.5. The molecule has 0 unspecified atom stereocenters. The summed E-state index contributed by atoms with van der Waals surface area (Å²) in [4.78, 5) is 2.06. The Morgan fingerprint density at radius 2 is 1.71 bits per heavy atom. The van der Waals surface area contributed by atoms with Crippen LogP contribution in [0.5, 0.6) is 11.5 Å². The number of rotatable bonds is 7. The van der Waals surface area contributed by atoms with E-state index in [4.69, 9.17) is 10.5 Å². The normalized spacial score (nSPS) is 10.6. The van der Waals surface area contributed by atoms with Gasteiger partial charge in [0.05, 0.1) is 7.11 Å². The van der Waals surface area contributed by atoms with Crippen molar-refractivity contribution in [3.63, 3.8) is 0 Å². The van der Waals surface area contributed by atoms with Crippen molar-refractivity contribution >= 4 is 18.1 Å². The van der Waals surface area contributed by atoms with E-state index in [2.05, 4.69) is 9.64 Å². The van der Waals surface area contributed by atoms with Crippen molar-refractivity contribution in [2.75, 3.05) is 19.9 Å². The number of hydrogen-bond donors (Lipinski definition) is 1. The molecule has 4 nitrogen and oxygen atoms in total. The maximum absolute atomic E-state index is 12.5. The minimum atomic E-state index is -2.89. The number of nitrogens with zero attached hydrogens (tertiary/aromatic N) is 1. The maximum Gasteiger partial charge on any atom is 0.387 e. The first-order valence-corrected chi connectivity index (χ1v) is 7.12. The maximum atomic E-state index is 12.5. The van der Waals surface area contributed by atoms with Crippen LogP contribution in [-0.2, 0) is 13.1 Å². The quantitative estimate of drug-likeness (QED) is 0.762. The lowest BCUT2D eigenvalue weighted by Gasteiger charge is -2.18. The number of nitrogen functional groups attached to an aromatic ring is 1. The SMILES string of the molecule is COc1ccc(CN(C)Cc2cccc(N)c2)cc1OC(F)F.Cl. The molecule has 0 heterocycles. The van der Waals surface area contributed by atoms with Crippen LogP contribution in [0.3, 0.4) is 0 Å². The zero-order valence-corrected chi connectivity index (χ0v) is 14.4. The van der Waals surface area contributed by atoms with Gasteiger partial charge in [0.15, 0.2) is 11.5 Å². The highest BCUT2D eigenvalue weighted by molar-refractivity contribution is 5.85. The summed E-state index contributed by atoms with van der Waals surface area (Å²) in [5.41, 5.74) is 8.42. The van der Waals surface area contributed by atoms with E-state index in [-0.39, 0.29) is 23.9 Å². The summed E-state index contributed by atoms with van der Waals surface area (Å²) in [7, 11) is 3.36. The number of halogens is 3. The highest BCUT2D eigenvalue weighted by atomic mass is 35.5. The largest absolute Gasteiger partial charge is 0.493 e. The van der Waals surface area contributed by atoms with Crippen molar-refractivity contribution in [2.45, 2.75) is 19.7 Å². The van der Waals surface area contributed by atoms with Crippen LogP contribution in [0.1, 0.15) is 11.1 Å². The van der Waals surface area contributed by atoms with Crippen LogP contribution in [0, 0.1) is 0 Å². The zero-order chi connectivity index (χ0) is 16.8. The molecule has 2 aromatic rings. The third-order valence-corrected chi connectivity index (χ3v) is 3.30. The number of nitrogens with two attached hydrogens (primary N) is 1. The van der Waals surface area contributed by atoms with Gasteiger partial charge >= 0.3 is 6.61 Å². The molecule has 7 heteroatoms. The van der Waals surface area contributed by atoms with Gasteiger partial charge in [-0.15, -0.1) is 12.4 Å². The molecule has 2 aromatic carbocycles. The summed E-state index contributed by atoms with van der Waals surface area (Å²) in [6.45, 7) is -1.61. The highest BCUT2D eigenvalue weighted by Crippen LogP contribution is 2.30. The monoisotopic (exact) mass is 358 g/mol. The van der Waals surface area contributed by atoms with Crippen molar-refractivity contribution in [1.82, 2.24) is 4.90 Å². The molecule has 0 fully saturated rings. The molecule has 0 amide bonds. The topological polar surface area (TPSA) is 47.7 Å². The second kappa shape index (κ2) is 9.30. The number of methoxy groups -OCH3 is 1. The van der Waals surface area contributed by atoms with Gasteiger partial charge in [-0.1, -0.05) is 18.2 Å². The molecule has 0 aliphatic carbocycles. The van der Waals surface area contributed by atoms with E-state index < -0.39 is 6.61 Å². The van der Waals surface area contributed by atoms with Crippen LogP contribution in [0.15, 0.2) is 42.5 Å². The minimum Gasteiger partial charge on any atom is -0.493 e. The van der Waals surface area contributed by atoms with Gasteiger partial charge in [0.25, 0.3) is 0 Å². The Morgan fingerprint density at radius 1 is 1.04 bits per heavy atom. The van der Waals surface area contributed by atoms with Gasteiger partial charge < -0.3 is 15.2 Å². The summed E-state index contributed by atoms with van der Waals surface area (Å²) >= 11 is 0. The minimum absolute atomic E-state index is 0. The summed E-state index contributed by atoms with van der Waals surface area (Å²) in [6, 6.07) is 12.7. The highest BCUT2D eigenvalue weighted by Gasteiger charge is 2.12. The van der Waals surface area contributed by atoms with Crippen molar-refractivity contribution in [3.8, 4) is 11.5 Å². The lowest BCUT2D eigenvalue weighted by atomic mass is 10.1. The fourth-order valence-corrected chi connectivity index (χ4v) is 2.38. The van der Waals surface area contributed by atoms with Crippen LogP contribution in [0.25, 0.3) is 0 Å². The fraction of sp³-hybridized carbons (Fsp3) is 0.294. The Labute approximate surface area is 146 Å². The molecule has 0 aliphatic heterocycles. The second-order valence-corrected chi connectivity index (χ2v) is 5.28. The van der Waals surface area contributed by atoms with Crippen molar-refractivity contribution in [3.05, 3.63) is 53.6 Å². The molecule has 2 rings (SSSR count). The Bertz CT molecular complexity index is 656. The summed E-state index contributed by atoms with van der Waals surface area (Å²) in [5.74, 6) is 0.324. The lowest BCUT2D eigenvalue weighted by Crippen LogP contribution is -2.17. The average Bonchev–Trinajstić information content (AvgIpc) is 2.46. The smallest absolute Gasteiger partial charge is 0.387 e. The fourth-order valence-electron chi connectivity index (χ4n) is 2.38. The summed E-state index contributed by atoms with van der Waals surface area (Å²) in [5, 5.41) is 0. The molecule has 2 N–H and O–H groups in total. The third kappa shape index (κ3) is 5.86. The summed E-state index contributed by atoms with van der Waals surface area (Å²) < 4.78 is 34.4. The molecule has 0 aromatic heterocycles. The second-order valence-electron chi connectivity index (χ2n) is 5.28. The summed E-state index contributed by atoms with van der Waals surface area (Å²) in [6.07, 6.45) is 0. The van der Waals surface area contributed by atoms with E-state index in [0.717, 1.165) is 11.1 Å². The number of anilines is 1. The Morgan fingerprint density at radius 3 is 2.29 bits per heavy atom. The molecular weight excluding hydrogens is 338 g/mol. The molecule has 0 bridgehead atoms. The van der Waals surface area contributed by atoms with Crippen LogP contribution < -0.4 is 15.2 Å². The van der Waals surface area contributed by atoms with Crippen LogP contribution >= 0.6 is 12.4 Å². The average molecular weight is 359 g/mol. The molecule has 0 saturated heterocycles. The van der Waals surface area contributed by atoms with E-state index in [1.807, 2.05) is 37.4 Å². The van der Waals surface area contributed by atoms with E-state index in [9.17, 15) is 8.78 Å². The lowest BCUT2D eigenvalue weighted by molar-refractivity contribution is -0.0512. The van der Waals surface area contributed by atoms with Gasteiger partial charge in [-0.2, -0.15) is 8.78 Å². The van der Waals surface area contributed by atoms with Crippen molar-refractivity contribution in [1.29, 1.82) is 0 Å². The standard InChI is InChI=1S/C17H20F2N2O2.ClH/c1-21(10-12-4-3-5-14(20)8-12)11-13-6-7-15(22-2)16(9-13)23-17(18)19;/h3-9,17H,10-11,20H2,1-2H3;1H. The third-order valence-electron chi connectivity index (χ3n) is 3.30. The number of ether oxygens (including phenoxy) is 2. The predicted molar refractivity (Wildman–Crippen MR) is 92.9 cm³/mol. The molecule has 0 aliphatic rings. The van der Waals surface area contributed by atoms with E-state index >= 15 is 0 Å². The number of benzene rings is 2. The first-order valence-electron chi connectivity index (χ1n) is 7.12. The van der Waals surface area contributed by atoms with Crippen LogP contribution in [-0.4, -0.2) is 25.7 Å². The van der Waals surface area contributed by atoms with Crippen molar-refractivity contribution < 1.29 is 18.3 Å². The molecule has 132 valence electrons. The Hall–Kier alpha value is -2.05. The first-order chi connectivity index (χ1) is 11.0. The van der Waals surface area contributed by atoms with Crippen molar-refractivity contribution in [2.24, 2.45) is 0 Å². The van der Waals surface area contributed by atoms with Crippen LogP contribution in [0.2, 0.25) is 0 Å². The molecule has 0 radical (unpaired) electrons. The van der Waals surface area contributed by atoms with Gasteiger partial charge in [0.2, 0.25) is 0 Å². The molecule has 0 atom stereocenters. The molecule has 0 spiro atoms. The van der Waals surface area contributed by atoms with E-state index in [0.29, 0.717) is 18.8 Å². The van der Waals surface area contributed by atoms with E-state index in [1.54, 1.807) is 12.1 Å². The van der Waals surface area contributed by atoms with Gasteiger partial charge in [0.1, 0.15) is 0 Å². The molecular formula is C17H21ClF2N2O2. The number of alkyl halides is 2. The Kier molecular flexibility index (Phi) is 7.74.